The zero-order valence-electron chi connectivity index (χ0n) is 11.6. The summed E-state index contributed by atoms with van der Waals surface area (Å²) < 4.78 is 0. The van der Waals surface area contributed by atoms with Crippen LogP contribution in [-0.4, -0.2) is 18.9 Å². The second kappa shape index (κ2) is 5.83. The third-order valence-electron chi connectivity index (χ3n) is 4.20. The molecule has 2 atom stereocenters. The van der Waals surface area contributed by atoms with Gasteiger partial charge in [0.1, 0.15) is 5.84 Å². The fourth-order valence-electron chi connectivity index (χ4n) is 3.12. The number of nitrogens with zero attached hydrogens (tertiary/aromatic N) is 1. The van der Waals surface area contributed by atoms with Crippen molar-refractivity contribution in [1.29, 1.82) is 5.41 Å². The molecule has 1 aliphatic rings. The van der Waals surface area contributed by atoms with Gasteiger partial charge in [0.25, 0.3) is 0 Å². The minimum absolute atomic E-state index is 0.0379. The molecule has 4 heteroatoms. The molecule has 0 saturated heterocycles. The van der Waals surface area contributed by atoms with Gasteiger partial charge >= 0.3 is 0 Å². The van der Waals surface area contributed by atoms with Gasteiger partial charge in [-0.05, 0) is 30.9 Å². The normalized spacial score (nSPS) is 23.1. The van der Waals surface area contributed by atoms with Crippen molar-refractivity contribution in [2.75, 3.05) is 11.9 Å². The van der Waals surface area contributed by atoms with Crippen molar-refractivity contribution >= 4 is 23.1 Å². The molecule has 1 aromatic carbocycles. The lowest BCUT2D eigenvalue weighted by atomic mass is 9.84. The van der Waals surface area contributed by atoms with Crippen molar-refractivity contribution in [3.8, 4) is 0 Å². The van der Waals surface area contributed by atoms with Crippen LogP contribution in [0.3, 0.4) is 0 Å². The van der Waals surface area contributed by atoms with Crippen LogP contribution < -0.4 is 10.6 Å². The van der Waals surface area contributed by atoms with Gasteiger partial charge in [0.2, 0.25) is 0 Å². The Morgan fingerprint density at radius 1 is 1.37 bits per heavy atom. The largest absolute Gasteiger partial charge is 0.384 e. The Hall–Kier alpha value is -1.22. The lowest BCUT2D eigenvalue weighted by Gasteiger charge is -2.38. The van der Waals surface area contributed by atoms with E-state index in [0.29, 0.717) is 22.5 Å². The van der Waals surface area contributed by atoms with Crippen LogP contribution in [0.4, 0.5) is 5.69 Å². The van der Waals surface area contributed by atoms with Crippen molar-refractivity contribution in [2.45, 2.75) is 38.6 Å². The molecule has 0 aromatic heterocycles. The van der Waals surface area contributed by atoms with E-state index in [1.807, 2.05) is 12.1 Å². The number of anilines is 1. The highest BCUT2D eigenvalue weighted by Crippen LogP contribution is 2.34. The Kier molecular flexibility index (Phi) is 4.35. The minimum Gasteiger partial charge on any atom is -0.384 e. The molecule has 104 valence electrons. The summed E-state index contributed by atoms with van der Waals surface area (Å²) in [4.78, 5) is 2.26. The van der Waals surface area contributed by atoms with Gasteiger partial charge in [0, 0.05) is 18.8 Å². The highest BCUT2D eigenvalue weighted by Gasteiger charge is 2.27. The predicted octanol–water partition coefficient (Wildman–Crippen LogP) is 3.64. The molecule has 1 fully saturated rings. The van der Waals surface area contributed by atoms with E-state index in [1.54, 1.807) is 6.07 Å². The average molecular weight is 280 g/mol. The van der Waals surface area contributed by atoms with Crippen LogP contribution in [0.5, 0.6) is 0 Å². The number of amidine groups is 1. The Morgan fingerprint density at radius 2 is 2.05 bits per heavy atom. The molecule has 19 heavy (non-hydrogen) atoms. The molecule has 1 aromatic rings. The van der Waals surface area contributed by atoms with Crippen LogP contribution in [0.15, 0.2) is 18.2 Å². The van der Waals surface area contributed by atoms with Gasteiger partial charge in [-0.25, -0.2) is 0 Å². The highest BCUT2D eigenvalue weighted by molar-refractivity contribution is 6.34. The van der Waals surface area contributed by atoms with E-state index in [2.05, 4.69) is 18.9 Å². The molecule has 0 heterocycles. The molecule has 0 amide bonds. The zero-order chi connectivity index (χ0) is 14.0. The van der Waals surface area contributed by atoms with Gasteiger partial charge in [-0.3, -0.25) is 5.41 Å². The van der Waals surface area contributed by atoms with Crippen molar-refractivity contribution in [1.82, 2.24) is 0 Å². The third-order valence-corrected chi connectivity index (χ3v) is 4.52. The number of hydrogen-bond acceptors (Lipinski definition) is 2. The lowest BCUT2D eigenvalue weighted by Crippen LogP contribution is -2.40. The Morgan fingerprint density at radius 3 is 2.68 bits per heavy atom. The van der Waals surface area contributed by atoms with Gasteiger partial charge < -0.3 is 10.6 Å². The Balaban J connectivity index is 2.35. The average Bonchev–Trinajstić information content (AvgIpc) is 2.37. The van der Waals surface area contributed by atoms with E-state index in [9.17, 15) is 0 Å². The zero-order valence-corrected chi connectivity index (χ0v) is 12.4. The number of halogens is 1. The molecule has 2 rings (SSSR count). The van der Waals surface area contributed by atoms with E-state index in [4.69, 9.17) is 22.7 Å². The van der Waals surface area contributed by atoms with Crippen molar-refractivity contribution < 1.29 is 0 Å². The first-order chi connectivity index (χ1) is 9.02. The number of benzene rings is 1. The third kappa shape index (κ3) is 2.86. The summed E-state index contributed by atoms with van der Waals surface area (Å²) in [5.74, 6) is 0.702. The van der Waals surface area contributed by atoms with Crippen molar-refractivity contribution in [3.05, 3.63) is 28.8 Å². The number of nitrogens with two attached hydrogens (primary N) is 1. The molecule has 1 saturated carbocycles. The van der Waals surface area contributed by atoms with E-state index in [-0.39, 0.29) is 5.84 Å². The SMILES string of the molecule is CC1CCCCC1N(C)c1cccc(Cl)c1C(=N)N. The van der Waals surface area contributed by atoms with Crippen LogP contribution in [0.2, 0.25) is 5.02 Å². The fraction of sp³-hybridized carbons (Fsp3) is 0.533. The molecule has 3 N–H and O–H groups in total. The lowest BCUT2D eigenvalue weighted by molar-refractivity contribution is 0.321. The Labute approximate surface area is 120 Å². The fourth-order valence-corrected chi connectivity index (χ4v) is 3.40. The van der Waals surface area contributed by atoms with Crippen LogP contribution >= 0.6 is 11.6 Å². The van der Waals surface area contributed by atoms with Crippen LogP contribution in [-0.2, 0) is 0 Å². The van der Waals surface area contributed by atoms with Gasteiger partial charge in [-0.2, -0.15) is 0 Å². The molecular formula is C15H22ClN3. The number of rotatable bonds is 3. The van der Waals surface area contributed by atoms with Crippen molar-refractivity contribution in [2.24, 2.45) is 11.7 Å². The first-order valence-corrected chi connectivity index (χ1v) is 7.26. The highest BCUT2D eigenvalue weighted by atomic mass is 35.5. The number of nitrogen functional groups attached to an aromatic ring is 1. The molecule has 3 nitrogen and oxygen atoms in total. The summed E-state index contributed by atoms with van der Waals surface area (Å²) in [6, 6.07) is 6.23. The van der Waals surface area contributed by atoms with Crippen LogP contribution in [0.25, 0.3) is 0 Å². The van der Waals surface area contributed by atoms with Crippen LogP contribution in [0.1, 0.15) is 38.2 Å². The smallest absolute Gasteiger partial charge is 0.126 e. The van der Waals surface area contributed by atoms with E-state index >= 15 is 0 Å². The van der Waals surface area contributed by atoms with Gasteiger partial charge in [-0.15, -0.1) is 0 Å². The molecule has 0 bridgehead atoms. The minimum atomic E-state index is 0.0379. The predicted molar refractivity (Wildman–Crippen MR) is 82.3 cm³/mol. The van der Waals surface area contributed by atoms with E-state index < -0.39 is 0 Å². The summed E-state index contributed by atoms with van der Waals surface area (Å²) in [6.45, 7) is 2.30. The summed E-state index contributed by atoms with van der Waals surface area (Å²) in [6.07, 6.45) is 5.06. The van der Waals surface area contributed by atoms with E-state index in [0.717, 1.165) is 5.69 Å². The molecular weight excluding hydrogens is 258 g/mol. The number of nitrogens with one attached hydrogen (secondary N) is 1. The standard InChI is InChI=1S/C15H22ClN3/c1-10-6-3-4-8-12(10)19(2)13-9-5-7-11(16)14(13)15(17)18/h5,7,9-10,12H,3-4,6,8H2,1-2H3,(H3,17,18). The van der Waals surface area contributed by atoms with Gasteiger partial charge in [0.05, 0.1) is 10.6 Å². The summed E-state index contributed by atoms with van der Waals surface area (Å²) in [5, 5.41) is 8.30. The quantitative estimate of drug-likeness (QED) is 0.656. The molecule has 2 unspecified atom stereocenters. The first-order valence-electron chi connectivity index (χ1n) is 6.88. The second-order valence-corrected chi connectivity index (χ2v) is 5.89. The van der Waals surface area contributed by atoms with Gasteiger partial charge in [-0.1, -0.05) is 37.4 Å². The van der Waals surface area contributed by atoms with E-state index in [1.165, 1.54) is 25.7 Å². The monoisotopic (exact) mass is 279 g/mol. The summed E-state index contributed by atoms with van der Waals surface area (Å²) in [7, 11) is 2.09. The first kappa shape index (κ1) is 14.2. The number of hydrogen-bond donors (Lipinski definition) is 2. The van der Waals surface area contributed by atoms with Gasteiger partial charge in [0.15, 0.2) is 0 Å². The summed E-state index contributed by atoms with van der Waals surface area (Å²) >= 11 is 6.20. The molecule has 0 aliphatic heterocycles. The van der Waals surface area contributed by atoms with Crippen molar-refractivity contribution in [3.63, 3.8) is 0 Å². The Bertz CT molecular complexity index is 472. The molecule has 1 aliphatic carbocycles. The molecule has 0 spiro atoms. The maximum absolute atomic E-state index is 7.74. The maximum atomic E-state index is 7.74. The summed E-state index contributed by atoms with van der Waals surface area (Å²) in [5.41, 5.74) is 7.32. The topological polar surface area (TPSA) is 53.1 Å². The maximum Gasteiger partial charge on any atom is 0.126 e. The molecule has 0 radical (unpaired) electrons. The second-order valence-electron chi connectivity index (χ2n) is 5.49. The van der Waals surface area contributed by atoms with Crippen LogP contribution in [0, 0.1) is 11.3 Å².